The van der Waals surface area contributed by atoms with Crippen LogP contribution in [0.3, 0.4) is 0 Å². The first kappa shape index (κ1) is 13.2. The van der Waals surface area contributed by atoms with E-state index < -0.39 is 11.7 Å². The van der Waals surface area contributed by atoms with E-state index in [4.69, 9.17) is 0 Å². The summed E-state index contributed by atoms with van der Waals surface area (Å²) in [6.45, 7) is 2.17. The summed E-state index contributed by atoms with van der Waals surface area (Å²) in [4.78, 5) is 5.75. The minimum Gasteiger partial charge on any atom is -0.358 e. The fraction of sp³-hybridized carbons (Fsp3) is 0.500. The van der Waals surface area contributed by atoms with Gasteiger partial charge in [-0.1, -0.05) is 6.07 Å². The third kappa shape index (κ3) is 2.14. The number of alkyl halides is 3. The van der Waals surface area contributed by atoms with Crippen molar-refractivity contribution < 1.29 is 13.2 Å². The number of fused-ring (bicyclic) bond motifs is 4. The van der Waals surface area contributed by atoms with Gasteiger partial charge < -0.3 is 4.98 Å². The molecule has 0 radical (unpaired) electrons. The van der Waals surface area contributed by atoms with Gasteiger partial charge in [0.15, 0.2) is 0 Å². The Morgan fingerprint density at radius 2 is 2.05 bits per heavy atom. The van der Waals surface area contributed by atoms with E-state index in [0.717, 1.165) is 37.0 Å². The lowest BCUT2D eigenvalue weighted by Crippen LogP contribution is -2.30. The van der Waals surface area contributed by atoms with Crippen LogP contribution in [-0.4, -0.2) is 29.0 Å². The van der Waals surface area contributed by atoms with E-state index in [9.17, 15) is 13.2 Å². The number of rotatable bonds is 0. The first-order valence-corrected chi connectivity index (χ1v) is 7.47. The predicted octanol–water partition coefficient (Wildman–Crippen LogP) is 3.75. The second kappa shape index (κ2) is 4.50. The number of hydrogen-bond donors (Lipinski definition) is 1. The zero-order valence-corrected chi connectivity index (χ0v) is 11.6. The zero-order chi connectivity index (χ0) is 14.6. The lowest BCUT2D eigenvalue weighted by molar-refractivity contribution is -0.137. The van der Waals surface area contributed by atoms with Gasteiger partial charge in [0, 0.05) is 35.6 Å². The fourth-order valence-electron chi connectivity index (χ4n) is 3.85. The number of halogens is 3. The van der Waals surface area contributed by atoms with E-state index in [1.54, 1.807) is 6.07 Å². The molecule has 4 rings (SSSR count). The van der Waals surface area contributed by atoms with Crippen LogP contribution in [0.1, 0.15) is 29.7 Å². The lowest BCUT2D eigenvalue weighted by atomic mass is 10.0. The molecule has 3 heterocycles. The standard InChI is InChI=1S/C16H17F3N2/c17-16(18,19)10-3-4-12-13-9-11-2-1-6-21(11)7-5-14(13)20-15(12)8-10/h3-4,8,11,20H,1-2,5-7,9H2/t11-/m1/s1. The number of benzene rings is 1. The maximum atomic E-state index is 12.8. The highest BCUT2D eigenvalue weighted by Crippen LogP contribution is 2.35. The van der Waals surface area contributed by atoms with Crippen LogP contribution in [0.5, 0.6) is 0 Å². The Morgan fingerprint density at radius 1 is 1.19 bits per heavy atom. The van der Waals surface area contributed by atoms with Crippen LogP contribution in [-0.2, 0) is 19.0 Å². The molecule has 0 amide bonds. The van der Waals surface area contributed by atoms with Gasteiger partial charge in [-0.25, -0.2) is 0 Å². The van der Waals surface area contributed by atoms with Gasteiger partial charge in [-0.05, 0) is 43.5 Å². The van der Waals surface area contributed by atoms with Crippen LogP contribution in [0.15, 0.2) is 18.2 Å². The summed E-state index contributed by atoms with van der Waals surface area (Å²) in [5.41, 5.74) is 2.40. The van der Waals surface area contributed by atoms with Crippen molar-refractivity contribution >= 4 is 10.9 Å². The molecule has 5 heteroatoms. The van der Waals surface area contributed by atoms with E-state index in [-0.39, 0.29) is 0 Å². The lowest BCUT2D eigenvalue weighted by Gasteiger charge is -2.21. The van der Waals surface area contributed by atoms with E-state index >= 15 is 0 Å². The SMILES string of the molecule is FC(F)(F)c1ccc2c3c([nH]c2c1)CCN1CCC[C@@H]1C3. The van der Waals surface area contributed by atoms with Crippen LogP contribution >= 0.6 is 0 Å². The van der Waals surface area contributed by atoms with Gasteiger partial charge in [0.2, 0.25) is 0 Å². The molecule has 1 saturated heterocycles. The quantitative estimate of drug-likeness (QED) is 0.784. The van der Waals surface area contributed by atoms with Gasteiger partial charge in [-0.15, -0.1) is 0 Å². The molecule has 2 aliphatic rings. The van der Waals surface area contributed by atoms with Crippen molar-refractivity contribution in [1.29, 1.82) is 0 Å². The van der Waals surface area contributed by atoms with Crippen LogP contribution < -0.4 is 0 Å². The smallest absolute Gasteiger partial charge is 0.358 e. The predicted molar refractivity (Wildman–Crippen MR) is 75.3 cm³/mol. The Balaban J connectivity index is 1.79. The minimum atomic E-state index is -4.28. The molecule has 0 unspecified atom stereocenters. The Bertz CT molecular complexity index is 687. The third-order valence-electron chi connectivity index (χ3n) is 4.91. The number of hydrogen-bond acceptors (Lipinski definition) is 1. The van der Waals surface area contributed by atoms with Gasteiger partial charge >= 0.3 is 6.18 Å². The molecule has 1 N–H and O–H groups in total. The maximum absolute atomic E-state index is 12.8. The number of aromatic nitrogens is 1. The van der Waals surface area contributed by atoms with Crippen molar-refractivity contribution in [3.05, 3.63) is 35.0 Å². The number of nitrogens with zero attached hydrogens (tertiary/aromatic N) is 1. The van der Waals surface area contributed by atoms with E-state index in [1.807, 2.05) is 0 Å². The summed E-state index contributed by atoms with van der Waals surface area (Å²) in [6, 6.07) is 4.65. The largest absolute Gasteiger partial charge is 0.416 e. The molecule has 1 aromatic carbocycles. The zero-order valence-electron chi connectivity index (χ0n) is 11.6. The van der Waals surface area contributed by atoms with E-state index in [1.165, 1.54) is 30.5 Å². The number of aromatic amines is 1. The van der Waals surface area contributed by atoms with Crippen molar-refractivity contribution in [3.8, 4) is 0 Å². The molecule has 0 spiro atoms. The van der Waals surface area contributed by atoms with Crippen LogP contribution in [0, 0.1) is 0 Å². The summed E-state index contributed by atoms with van der Waals surface area (Å²) in [6.07, 6.45) is 0.0227. The third-order valence-corrected chi connectivity index (χ3v) is 4.91. The average Bonchev–Trinajstić information content (AvgIpc) is 2.97. The van der Waals surface area contributed by atoms with Crippen molar-refractivity contribution in [2.45, 2.75) is 37.9 Å². The summed E-state index contributed by atoms with van der Waals surface area (Å²) in [5.74, 6) is 0. The molecule has 1 atom stereocenters. The maximum Gasteiger partial charge on any atom is 0.416 e. The number of nitrogens with one attached hydrogen (secondary N) is 1. The highest BCUT2D eigenvalue weighted by atomic mass is 19.4. The highest BCUT2D eigenvalue weighted by Gasteiger charge is 2.32. The molecule has 2 aliphatic heterocycles. The topological polar surface area (TPSA) is 19.0 Å². The molecular weight excluding hydrogens is 277 g/mol. The normalized spacial score (nSPS) is 23.1. The Morgan fingerprint density at radius 3 is 2.86 bits per heavy atom. The molecule has 2 nitrogen and oxygen atoms in total. The van der Waals surface area contributed by atoms with Gasteiger partial charge in [-0.2, -0.15) is 13.2 Å². The van der Waals surface area contributed by atoms with Gasteiger partial charge in [-0.3, -0.25) is 4.90 Å². The van der Waals surface area contributed by atoms with Gasteiger partial charge in [0.25, 0.3) is 0 Å². The Kier molecular flexibility index (Phi) is 2.83. The van der Waals surface area contributed by atoms with Crippen molar-refractivity contribution in [3.63, 3.8) is 0 Å². The summed E-state index contributed by atoms with van der Waals surface area (Å²) in [5, 5.41) is 0.965. The molecule has 1 fully saturated rings. The first-order chi connectivity index (χ1) is 10.0. The Labute approximate surface area is 120 Å². The average molecular weight is 294 g/mol. The van der Waals surface area contributed by atoms with Crippen LogP contribution in [0.25, 0.3) is 10.9 Å². The first-order valence-electron chi connectivity index (χ1n) is 7.47. The summed E-state index contributed by atoms with van der Waals surface area (Å²) >= 11 is 0. The molecule has 0 bridgehead atoms. The van der Waals surface area contributed by atoms with Crippen molar-refractivity contribution in [1.82, 2.24) is 9.88 Å². The monoisotopic (exact) mass is 294 g/mol. The van der Waals surface area contributed by atoms with Crippen molar-refractivity contribution in [2.75, 3.05) is 13.1 Å². The van der Waals surface area contributed by atoms with Crippen LogP contribution in [0.4, 0.5) is 13.2 Å². The fourth-order valence-corrected chi connectivity index (χ4v) is 3.85. The second-order valence-electron chi connectivity index (χ2n) is 6.13. The van der Waals surface area contributed by atoms with Gasteiger partial charge in [0.1, 0.15) is 0 Å². The molecule has 0 aliphatic carbocycles. The second-order valence-corrected chi connectivity index (χ2v) is 6.13. The summed E-state index contributed by atoms with van der Waals surface area (Å²) in [7, 11) is 0. The molecule has 0 saturated carbocycles. The van der Waals surface area contributed by atoms with Crippen molar-refractivity contribution in [2.24, 2.45) is 0 Å². The van der Waals surface area contributed by atoms with Crippen LogP contribution in [0.2, 0.25) is 0 Å². The van der Waals surface area contributed by atoms with Gasteiger partial charge in [0.05, 0.1) is 5.56 Å². The molecule has 1 aromatic heterocycles. The number of H-pyrrole nitrogens is 1. The highest BCUT2D eigenvalue weighted by molar-refractivity contribution is 5.85. The Hall–Kier alpha value is -1.49. The minimum absolute atomic E-state index is 0.563. The van der Waals surface area contributed by atoms with E-state index in [0.29, 0.717) is 11.6 Å². The molecular formula is C16H17F3N2. The molecule has 112 valence electrons. The molecule has 2 aromatic rings. The van der Waals surface area contributed by atoms with E-state index in [2.05, 4.69) is 9.88 Å². The summed E-state index contributed by atoms with van der Waals surface area (Å²) < 4.78 is 38.5. The molecule has 21 heavy (non-hydrogen) atoms.